The molecule has 1 unspecified atom stereocenters. The Bertz CT molecular complexity index is 141. The summed E-state index contributed by atoms with van der Waals surface area (Å²) in [5, 5.41) is 3.58. The van der Waals surface area contributed by atoms with E-state index in [1.54, 1.807) is 0 Å². The Labute approximate surface area is 97.2 Å². The first-order valence-corrected chi connectivity index (χ1v) is 8.18. The molecule has 92 valence electrons. The van der Waals surface area contributed by atoms with Gasteiger partial charge in [0.15, 0.2) is 9.12 Å². The first-order chi connectivity index (χ1) is 6.95. The highest BCUT2D eigenvalue weighted by molar-refractivity contribution is 6.53. The van der Waals surface area contributed by atoms with E-state index in [1.807, 2.05) is 0 Å². The largest absolute Gasteiger partial charge is 0.325 e. The molecule has 0 aliphatic rings. The molecule has 1 atom stereocenters. The van der Waals surface area contributed by atoms with Crippen molar-refractivity contribution in [1.29, 1.82) is 0 Å². The van der Waals surface area contributed by atoms with Gasteiger partial charge in [0.1, 0.15) is 0 Å². The number of hydrogen-bond donors (Lipinski definition) is 3. The molecule has 0 amide bonds. The number of rotatable bonds is 8. The molecule has 4 heteroatoms. The number of hydrogen-bond acceptors (Lipinski definition) is 3. The fourth-order valence-corrected chi connectivity index (χ4v) is 4.01. The first kappa shape index (κ1) is 15.1. The third-order valence-electron chi connectivity index (χ3n) is 2.35. The average Bonchev–Trinajstić information content (AvgIpc) is 2.11. The van der Waals surface area contributed by atoms with Gasteiger partial charge in [-0.05, 0) is 25.4 Å². The highest BCUT2D eigenvalue weighted by atomic mass is 28.3. The van der Waals surface area contributed by atoms with Crippen molar-refractivity contribution >= 4 is 9.12 Å². The predicted molar refractivity (Wildman–Crippen MR) is 71.4 cm³/mol. The molecule has 0 saturated heterocycles. The van der Waals surface area contributed by atoms with E-state index in [-0.39, 0.29) is 0 Å². The highest BCUT2D eigenvalue weighted by Gasteiger charge is 2.13. The van der Waals surface area contributed by atoms with Crippen LogP contribution in [0.25, 0.3) is 0 Å². The molecule has 0 aliphatic carbocycles. The Balaban J connectivity index is 3.89. The van der Waals surface area contributed by atoms with Gasteiger partial charge < -0.3 is 15.3 Å². The van der Waals surface area contributed by atoms with Gasteiger partial charge in [0.25, 0.3) is 0 Å². The molecule has 0 radical (unpaired) electrons. The van der Waals surface area contributed by atoms with Gasteiger partial charge in [0.2, 0.25) is 0 Å². The molecule has 0 spiro atoms. The molecule has 3 N–H and O–H groups in total. The van der Waals surface area contributed by atoms with Crippen molar-refractivity contribution in [3.63, 3.8) is 0 Å². The second kappa shape index (κ2) is 8.27. The summed E-state index contributed by atoms with van der Waals surface area (Å²) < 4.78 is 0. The second-order valence-electron chi connectivity index (χ2n) is 4.91. The summed E-state index contributed by atoms with van der Waals surface area (Å²) in [6, 6.07) is 1.78. The summed E-state index contributed by atoms with van der Waals surface area (Å²) in [4.78, 5) is 7.31. The standard InChI is InChI=1S/C11H29N3Si/c1-7-11(6)12-8-15(13-9(2)3)14-10(4)5/h9-15H,7-8H2,1-6H3. The lowest BCUT2D eigenvalue weighted by Crippen LogP contribution is -2.59. The monoisotopic (exact) mass is 231 g/mol. The summed E-state index contributed by atoms with van der Waals surface area (Å²) in [6.07, 6.45) is 2.32. The van der Waals surface area contributed by atoms with Crippen LogP contribution in [0.3, 0.4) is 0 Å². The van der Waals surface area contributed by atoms with E-state index in [0.717, 1.165) is 6.17 Å². The predicted octanol–water partition coefficient (Wildman–Crippen LogP) is 1.13. The Hall–Kier alpha value is 0.0969. The molecule has 0 aromatic heterocycles. The van der Waals surface area contributed by atoms with Gasteiger partial charge in [-0.15, -0.1) is 0 Å². The third-order valence-corrected chi connectivity index (χ3v) is 5.13. The van der Waals surface area contributed by atoms with E-state index >= 15 is 0 Å². The van der Waals surface area contributed by atoms with Crippen LogP contribution in [0.15, 0.2) is 0 Å². The average molecular weight is 231 g/mol. The summed E-state index contributed by atoms with van der Waals surface area (Å²) in [5.74, 6) is 0. The zero-order valence-corrected chi connectivity index (χ0v) is 12.4. The topological polar surface area (TPSA) is 36.1 Å². The third kappa shape index (κ3) is 9.05. The minimum Gasteiger partial charge on any atom is -0.325 e. The van der Waals surface area contributed by atoms with E-state index in [9.17, 15) is 0 Å². The van der Waals surface area contributed by atoms with Crippen LogP contribution >= 0.6 is 0 Å². The minimum absolute atomic E-state index is 0.576. The van der Waals surface area contributed by atoms with Crippen LogP contribution in [0.4, 0.5) is 0 Å². The van der Waals surface area contributed by atoms with Crippen LogP contribution in [-0.4, -0.2) is 33.4 Å². The summed E-state index contributed by atoms with van der Waals surface area (Å²) in [7, 11) is -1.03. The van der Waals surface area contributed by atoms with Crippen molar-refractivity contribution in [3.8, 4) is 0 Å². The van der Waals surface area contributed by atoms with E-state index in [1.165, 1.54) is 6.42 Å². The van der Waals surface area contributed by atoms with Gasteiger partial charge in [-0.25, -0.2) is 0 Å². The van der Waals surface area contributed by atoms with Crippen LogP contribution in [0.2, 0.25) is 0 Å². The van der Waals surface area contributed by atoms with E-state index < -0.39 is 9.12 Å². The lowest BCUT2D eigenvalue weighted by molar-refractivity contribution is 0.563. The molecule has 0 aromatic rings. The molecule has 3 nitrogen and oxygen atoms in total. The molecule has 0 fully saturated rings. The van der Waals surface area contributed by atoms with E-state index in [4.69, 9.17) is 0 Å². The zero-order chi connectivity index (χ0) is 11.8. The highest BCUT2D eigenvalue weighted by Crippen LogP contribution is 1.88. The maximum Gasteiger partial charge on any atom is 0.199 e. The molecule has 0 aliphatic heterocycles. The molecule has 0 rings (SSSR count). The Morgan fingerprint density at radius 3 is 1.73 bits per heavy atom. The second-order valence-corrected chi connectivity index (χ2v) is 7.09. The van der Waals surface area contributed by atoms with Crippen molar-refractivity contribution in [1.82, 2.24) is 15.3 Å². The van der Waals surface area contributed by atoms with Crippen LogP contribution in [0, 0.1) is 0 Å². The van der Waals surface area contributed by atoms with Crippen LogP contribution in [-0.2, 0) is 0 Å². The molecule has 0 saturated carbocycles. The normalized spacial score (nSPS) is 14.2. The van der Waals surface area contributed by atoms with Gasteiger partial charge in [0, 0.05) is 12.2 Å². The van der Waals surface area contributed by atoms with Crippen molar-refractivity contribution < 1.29 is 0 Å². The summed E-state index contributed by atoms with van der Waals surface area (Å²) in [5.41, 5.74) is 0. The Morgan fingerprint density at radius 1 is 0.933 bits per heavy atom. The van der Waals surface area contributed by atoms with Crippen LogP contribution < -0.4 is 15.3 Å². The maximum absolute atomic E-state index is 3.66. The van der Waals surface area contributed by atoms with Crippen LogP contribution in [0.5, 0.6) is 0 Å². The minimum atomic E-state index is -1.03. The molecular formula is C11H29N3Si. The SMILES string of the molecule is CCC(C)NC[SiH](NC(C)C)NC(C)C. The quantitative estimate of drug-likeness (QED) is 0.548. The summed E-state index contributed by atoms with van der Waals surface area (Å²) in [6.45, 7) is 13.3. The first-order valence-electron chi connectivity index (χ1n) is 6.21. The Morgan fingerprint density at radius 2 is 1.40 bits per heavy atom. The van der Waals surface area contributed by atoms with Crippen molar-refractivity contribution in [2.75, 3.05) is 6.17 Å². The smallest absolute Gasteiger partial charge is 0.199 e. The fraction of sp³-hybridized carbons (Fsp3) is 1.00. The molecule has 15 heavy (non-hydrogen) atoms. The Kier molecular flexibility index (Phi) is 8.33. The van der Waals surface area contributed by atoms with E-state index in [0.29, 0.717) is 18.1 Å². The molecule has 0 aromatic carbocycles. The molecule has 0 heterocycles. The lowest BCUT2D eigenvalue weighted by atomic mass is 10.3. The fourth-order valence-electron chi connectivity index (χ4n) is 1.43. The molecule has 0 bridgehead atoms. The van der Waals surface area contributed by atoms with Crippen LogP contribution in [0.1, 0.15) is 48.0 Å². The lowest BCUT2D eigenvalue weighted by Gasteiger charge is -2.24. The van der Waals surface area contributed by atoms with Gasteiger partial charge in [-0.3, -0.25) is 0 Å². The van der Waals surface area contributed by atoms with Gasteiger partial charge >= 0.3 is 0 Å². The summed E-state index contributed by atoms with van der Waals surface area (Å²) >= 11 is 0. The maximum atomic E-state index is 3.66. The number of nitrogens with one attached hydrogen (secondary N) is 3. The zero-order valence-electron chi connectivity index (χ0n) is 11.2. The van der Waals surface area contributed by atoms with Gasteiger partial charge in [-0.1, -0.05) is 34.6 Å². The van der Waals surface area contributed by atoms with Crippen molar-refractivity contribution in [2.45, 2.75) is 66.1 Å². The van der Waals surface area contributed by atoms with E-state index in [2.05, 4.69) is 56.8 Å². The molecular weight excluding hydrogens is 202 g/mol. The van der Waals surface area contributed by atoms with Crippen molar-refractivity contribution in [3.05, 3.63) is 0 Å². The van der Waals surface area contributed by atoms with Crippen molar-refractivity contribution in [2.24, 2.45) is 0 Å². The van der Waals surface area contributed by atoms with Gasteiger partial charge in [0.05, 0.1) is 0 Å². The van der Waals surface area contributed by atoms with Gasteiger partial charge in [-0.2, -0.15) is 0 Å².